The minimum absolute atomic E-state index is 0.140. The molecule has 0 saturated heterocycles. The number of nitrogens with two attached hydrogens (primary N) is 1. The van der Waals surface area contributed by atoms with E-state index in [1.807, 2.05) is 0 Å². The Morgan fingerprint density at radius 3 is 2.73 bits per heavy atom. The van der Waals surface area contributed by atoms with Crippen LogP contribution in [0, 0.1) is 11.7 Å². The number of amides is 1. The van der Waals surface area contributed by atoms with Crippen LogP contribution in [0.3, 0.4) is 0 Å². The lowest BCUT2D eigenvalue weighted by atomic mass is 10.1. The van der Waals surface area contributed by atoms with Crippen LogP contribution in [0.25, 0.3) is 0 Å². The summed E-state index contributed by atoms with van der Waals surface area (Å²) < 4.78 is 12.9. The average Bonchev–Trinajstić information content (AvgIpc) is 2.18. The van der Waals surface area contributed by atoms with E-state index in [9.17, 15) is 9.18 Å². The first-order valence-corrected chi connectivity index (χ1v) is 4.84. The molecule has 0 aromatic heterocycles. The summed E-state index contributed by atoms with van der Waals surface area (Å²) in [7, 11) is 0. The van der Waals surface area contributed by atoms with Crippen LogP contribution in [-0.4, -0.2) is 5.91 Å². The average molecular weight is 210 g/mol. The number of nitrogens with one attached hydrogen (secondary N) is 1. The van der Waals surface area contributed by atoms with E-state index < -0.39 is 0 Å². The van der Waals surface area contributed by atoms with Crippen molar-refractivity contribution in [3.63, 3.8) is 0 Å². The van der Waals surface area contributed by atoms with E-state index in [-0.39, 0.29) is 24.2 Å². The van der Waals surface area contributed by atoms with Gasteiger partial charge in [0.05, 0.1) is 0 Å². The number of carbonyl (C=O) groups is 1. The SMILES string of the molecule is CC(C)C(=O)Nc1cc(F)ccc1CN. The van der Waals surface area contributed by atoms with Gasteiger partial charge < -0.3 is 11.1 Å². The van der Waals surface area contributed by atoms with Crippen molar-refractivity contribution >= 4 is 11.6 Å². The second-order valence-electron chi connectivity index (χ2n) is 3.65. The Bertz CT molecular complexity index is 364. The summed E-state index contributed by atoms with van der Waals surface area (Å²) in [5.41, 5.74) is 6.66. The molecule has 1 aromatic carbocycles. The molecule has 4 heteroatoms. The molecule has 0 saturated carbocycles. The normalized spacial score (nSPS) is 10.5. The first-order chi connectivity index (χ1) is 7.04. The van der Waals surface area contributed by atoms with Crippen molar-refractivity contribution in [3.05, 3.63) is 29.6 Å². The third-order valence-corrected chi connectivity index (χ3v) is 2.07. The van der Waals surface area contributed by atoms with Gasteiger partial charge >= 0.3 is 0 Å². The fraction of sp³-hybridized carbons (Fsp3) is 0.364. The van der Waals surface area contributed by atoms with E-state index in [0.717, 1.165) is 5.56 Å². The molecule has 1 rings (SSSR count). The topological polar surface area (TPSA) is 55.1 Å². The van der Waals surface area contributed by atoms with Crippen LogP contribution in [-0.2, 0) is 11.3 Å². The van der Waals surface area contributed by atoms with E-state index in [4.69, 9.17) is 5.73 Å². The first kappa shape index (κ1) is 11.7. The summed E-state index contributed by atoms with van der Waals surface area (Å²) >= 11 is 0. The molecular weight excluding hydrogens is 195 g/mol. The zero-order chi connectivity index (χ0) is 11.4. The van der Waals surface area contributed by atoms with Crippen LogP contribution in [0.15, 0.2) is 18.2 Å². The second kappa shape index (κ2) is 4.89. The Labute approximate surface area is 88.5 Å². The predicted octanol–water partition coefficient (Wildman–Crippen LogP) is 1.88. The van der Waals surface area contributed by atoms with Crippen molar-refractivity contribution in [2.45, 2.75) is 20.4 Å². The number of rotatable bonds is 3. The number of benzene rings is 1. The quantitative estimate of drug-likeness (QED) is 0.800. The molecule has 1 aromatic rings. The van der Waals surface area contributed by atoms with Gasteiger partial charge in [-0.3, -0.25) is 4.79 Å². The number of carbonyl (C=O) groups excluding carboxylic acids is 1. The van der Waals surface area contributed by atoms with E-state index in [0.29, 0.717) is 5.69 Å². The van der Waals surface area contributed by atoms with Gasteiger partial charge in [-0.2, -0.15) is 0 Å². The number of anilines is 1. The Kier molecular flexibility index (Phi) is 3.80. The van der Waals surface area contributed by atoms with Gasteiger partial charge in [-0.05, 0) is 17.7 Å². The van der Waals surface area contributed by atoms with Crippen molar-refractivity contribution < 1.29 is 9.18 Å². The molecule has 1 amide bonds. The lowest BCUT2D eigenvalue weighted by Crippen LogP contribution is -2.19. The molecule has 15 heavy (non-hydrogen) atoms. The largest absolute Gasteiger partial charge is 0.326 e. The molecule has 0 fully saturated rings. The molecule has 0 bridgehead atoms. The van der Waals surface area contributed by atoms with E-state index in [1.54, 1.807) is 19.9 Å². The molecule has 3 nitrogen and oxygen atoms in total. The maximum atomic E-state index is 12.9. The van der Waals surface area contributed by atoms with Crippen LogP contribution < -0.4 is 11.1 Å². The molecule has 0 atom stereocenters. The molecule has 0 unspecified atom stereocenters. The van der Waals surface area contributed by atoms with Crippen molar-refractivity contribution in [2.75, 3.05) is 5.32 Å². The van der Waals surface area contributed by atoms with Gasteiger partial charge in [0.2, 0.25) is 5.91 Å². The van der Waals surface area contributed by atoms with Crippen LogP contribution >= 0.6 is 0 Å². The Morgan fingerprint density at radius 2 is 2.20 bits per heavy atom. The molecule has 0 spiro atoms. The van der Waals surface area contributed by atoms with E-state index in [2.05, 4.69) is 5.32 Å². The Hall–Kier alpha value is -1.42. The van der Waals surface area contributed by atoms with Crippen molar-refractivity contribution in [1.29, 1.82) is 0 Å². The Morgan fingerprint density at radius 1 is 1.53 bits per heavy atom. The van der Waals surface area contributed by atoms with Crippen molar-refractivity contribution in [1.82, 2.24) is 0 Å². The number of halogens is 1. The molecular formula is C11H15FN2O. The number of hydrogen-bond acceptors (Lipinski definition) is 2. The fourth-order valence-electron chi connectivity index (χ4n) is 1.12. The Balaban J connectivity index is 2.92. The van der Waals surface area contributed by atoms with Gasteiger partial charge in [-0.25, -0.2) is 4.39 Å². The van der Waals surface area contributed by atoms with Crippen molar-refractivity contribution in [2.24, 2.45) is 11.7 Å². The van der Waals surface area contributed by atoms with Crippen molar-refractivity contribution in [3.8, 4) is 0 Å². The summed E-state index contributed by atoms with van der Waals surface area (Å²) in [6.07, 6.45) is 0. The lowest BCUT2D eigenvalue weighted by molar-refractivity contribution is -0.118. The minimum Gasteiger partial charge on any atom is -0.326 e. The minimum atomic E-state index is -0.383. The summed E-state index contributed by atoms with van der Waals surface area (Å²) in [5, 5.41) is 2.64. The summed E-state index contributed by atoms with van der Waals surface area (Å²) in [6.45, 7) is 3.82. The van der Waals surface area contributed by atoms with Gasteiger partial charge in [-0.1, -0.05) is 19.9 Å². The highest BCUT2D eigenvalue weighted by atomic mass is 19.1. The lowest BCUT2D eigenvalue weighted by Gasteiger charge is -2.11. The molecule has 0 aliphatic rings. The van der Waals surface area contributed by atoms with Gasteiger partial charge in [0, 0.05) is 18.2 Å². The zero-order valence-electron chi connectivity index (χ0n) is 8.88. The standard InChI is InChI=1S/C11H15FN2O/c1-7(2)11(15)14-10-5-9(12)4-3-8(10)6-13/h3-5,7H,6,13H2,1-2H3,(H,14,15). The maximum Gasteiger partial charge on any atom is 0.226 e. The highest BCUT2D eigenvalue weighted by Gasteiger charge is 2.10. The summed E-state index contributed by atoms with van der Waals surface area (Å²) in [5.74, 6) is -0.666. The highest BCUT2D eigenvalue weighted by Crippen LogP contribution is 2.17. The molecule has 0 heterocycles. The molecule has 0 aliphatic carbocycles. The van der Waals surface area contributed by atoms with Crippen LogP contribution in [0.2, 0.25) is 0 Å². The first-order valence-electron chi connectivity index (χ1n) is 4.84. The second-order valence-corrected chi connectivity index (χ2v) is 3.65. The third-order valence-electron chi connectivity index (χ3n) is 2.07. The highest BCUT2D eigenvalue weighted by molar-refractivity contribution is 5.92. The third kappa shape index (κ3) is 3.02. The van der Waals surface area contributed by atoms with E-state index in [1.165, 1.54) is 12.1 Å². The van der Waals surface area contributed by atoms with Gasteiger partial charge in [-0.15, -0.1) is 0 Å². The zero-order valence-corrected chi connectivity index (χ0v) is 8.88. The maximum absolute atomic E-state index is 12.9. The van der Waals surface area contributed by atoms with Gasteiger partial charge in [0.1, 0.15) is 5.82 Å². The van der Waals surface area contributed by atoms with Gasteiger partial charge in [0.15, 0.2) is 0 Å². The monoisotopic (exact) mass is 210 g/mol. The van der Waals surface area contributed by atoms with Crippen LogP contribution in [0.1, 0.15) is 19.4 Å². The van der Waals surface area contributed by atoms with Crippen LogP contribution in [0.5, 0.6) is 0 Å². The smallest absolute Gasteiger partial charge is 0.226 e. The molecule has 0 aliphatic heterocycles. The number of hydrogen-bond donors (Lipinski definition) is 2. The molecule has 3 N–H and O–H groups in total. The molecule has 0 radical (unpaired) electrons. The fourth-order valence-corrected chi connectivity index (χ4v) is 1.12. The molecule has 82 valence electrons. The summed E-state index contributed by atoms with van der Waals surface area (Å²) in [4.78, 5) is 11.4. The van der Waals surface area contributed by atoms with Gasteiger partial charge in [0.25, 0.3) is 0 Å². The summed E-state index contributed by atoms with van der Waals surface area (Å²) in [6, 6.07) is 4.18. The van der Waals surface area contributed by atoms with Crippen LogP contribution in [0.4, 0.5) is 10.1 Å². The predicted molar refractivity (Wildman–Crippen MR) is 57.8 cm³/mol. The van der Waals surface area contributed by atoms with E-state index >= 15 is 0 Å².